The third kappa shape index (κ3) is 4.08. The number of alkyl carbamates (subject to hydrolysis) is 1. The zero-order valence-corrected chi connectivity index (χ0v) is 18.2. The van der Waals surface area contributed by atoms with Gasteiger partial charge in [0.2, 0.25) is 0 Å². The van der Waals surface area contributed by atoms with Gasteiger partial charge < -0.3 is 25.3 Å². The van der Waals surface area contributed by atoms with E-state index in [0.717, 1.165) is 39.1 Å². The number of hydrogen-bond acceptors (Lipinski definition) is 5. The summed E-state index contributed by atoms with van der Waals surface area (Å²) in [6.45, 7) is 1.90. The van der Waals surface area contributed by atoms with Crippen molar-refractivity contribution in [3.05, 3.63) is 89.2 Å². The fourth-order valence-electron chi connectivity index (χ4n) is 4.51. The quantitative estimate of drug-likeness (QED) is 0.363. The van der Waals surface area contributed by atoms with Crippen LogP contribution in [0.5, 0.6) is 0 Å². The maximum absolute atomic E-state index is 12.3. The number of hydrogen-bond donors (Lipinski definition) is 4. The maximum Gasteiger partial charge on any atom is 0.407 e. The lowest BCUT2D eigenvalue weighted by Crippen LogP contribution is -2.36. The van der Waals surface area contributed by atoms with Gasteiger partial charge in [-0.05, 0) is 46.9 Å². The maximum atomic E-state index is 12.3. The predicted octanol–water partition coefficient (Wildman–Crippen LogP) is 3.80. The molecule has 1 heterocycles. The van der Waals surface area contributed by atoms with E-state index in [1.807, 2.05) is 31.2 Å². The third-order valence-corrected chi connectivity index (χ3v) is 6.13. The van der Waals surface area contributed by atoms with Crippen LogP contribution in [0.2, 0.25) is 0 Å². The van der Waals surface area contributed by atoms with Gasteiger partial charge in [0, 0.05) is 12.5 Å². The van der Waals surface area contributed by atoms with Crippen molar-refractivity contribution in [1.29, 1.82) is 0 Å². The average Bonchev–Trinajstić information content (AvgIpc) is 3.37. The molecule has 3 aromatic carbocycles. The Morgan fingerprint density at radius 1 is 1.06 bits per heavy atom. The van der Waals surface area contributed by atoms with Gasteiger partial charge in [-0.2, -0.15) is 0 Å². The largest absolute Gasteiger partial charge is 0.449 e. The molecule has 1 aromatic heterocycles. The summed E-state index contributed by atoms with van der Waals surface area (Å²) >= 11 is 0. The zero-order chi connectivity index (χ0) is 22.9. The lowest BCUT2D eigenvalue weighted by atomic mass is 9.98. The van der Waals surface area contributed by atoms with Gasteiger partial charge in [0.1, 0.15) is 24.6 Å². The van der Waals surface area contributed by atoms with E-state index in [1.54, 1.807) is 18.2 Å². The summed E-state index contributed by atoms with van der Waals surface area (Å²) in [5.74, 6) is 0.734. The third-order valence-electron chi connectivity index (χ3n) is 6.13. The molecular formula is C26H25N3O4. The van der Waals surface area contributed by atoms with Crippen molar-refractivity contribution in [3.8, 4) is 11.1 Å². The molecule has 0 spiro atoms. The molecule has 1 aliphatic carbocycles. The number of carbonyl (C=O) groups excluding carboxylic acids is 1. The molecule has 7 nitrogen and oxygen atoms in total. The van der Waals surface area contributed by atoms with Crippen LogP contribution in [0.25, 0.3) is 22.2 Å². The standard InChI is InChI=1S/C26H25N3O4/c1-15-28-22-11-10-16(12-23(22)29-15)25(31)24(30)13-27-26(32)33-14-21-19-8-4-2-6-17(19)18-7-3-5-9-20(18)21/h2-12,21,24-25,30-31H,13-14H2,1H3,(H,27,32)(H,28,29). The molecule has 1 aliphatic rings. The van der Waals surface area contributed by atoms with E-state index in [2.05, 4.69) is 39.6 Å². The molecule has 0 saturated heterocycles. The normalized spacial score (nSPS) is 14.5. The first-order valence-corrected chi connectivity index (χ1v) is 10.9. The van der Waals surface area contributed by atoms with Crippen LogP contribution in [0.3, 0.4) is 0 Å². The Hall–Kier alpha value is -3.68. The molecule has 0 saturated carbocycles. The monoisotopic (exact) mass is 443 g/mol. The smallest absolute Gasteiger partial charge is 0.407 e. The number of amides is 1. The molecule has 0 radical (unpaired) electrons. The van der Waals surface area contributed by atoms with E-state index in [4.69, 9.17) is 4.74 Å². The Labute approximate surface area is 191 Å². The fraction of sp³-hybridized carbons (Fsp3) is 0.231. The van der Waals surface area contributed by atoms with E-state index >= 15 is 0 Å². The summed E-state index contributed by atoms with van der Waals surface area (Å²) in [5.41, 5.74) is 6.68. The van der Waals surface area contributed by atoms with Crippen LogP contribution in [0.1, 0.15) is 34.5 Å². The molecule has 33 heavy (non-hydrogen) atoms. The number of ether oxygens (including phenoxy) is 1. The van der Waals surface area contributed by atoms with Gasteiger partial charge in [0.25, 0.3) is 0 Å². The Morgan fingerprint density at radius 3 is 2.42 bits per heavy atom. The highest BCUT2D eigenvalue weighted by atomic mass is 16.5. The van der Waals surface area contributed by atoms with Crippen LogP contribution in [0.15, 0.2) is 66.7 Å². The molecule has 0 fully saturated rings. The van der Waals surface area contributed by atoms with Crippen LogP contribution in [-0.2, 0) is 4.74 Å². The van der Waals surface area contributed by atoms with Gasteiger partial charge >= 0.3 is 6.09 Å². The Bertz CT molecular complexity index is 1270. The average molecular weight is 444 g/mol. The molecule has 168 valence electrons. The molecule has 0 bridgehead atoms. The number of H-pyrrole nitrogens is 1. The van der Waals surface area contributed by atoms with Crippen molar-refractivity contribution in [3.63, 3.8) is 0 Å². The molecule has 2 atom stereocenters. The van der Waals surface area contributed by atoms with Crippen molar-refractivity contribution in [1.82, 2.24) is 15.3 Å². The number of aliphatic hydroxyl groups excluding tert-OH is 2. The molecule has 4 aromatic rings. The van der Waals surface area contributed by atoms with Gasteiger partial charge in [-0.25, -0.2) is 9.78 Å². The van der Waals surface area contributed by atoms with E-state index in [-0.39, 0.29) is 19.1 Å². The summed E-state index contributed by atoms with van der Waals surface area (Å²) < 4.78 is 5.48. The first-order chi connectivity index (χ1) is 16.0. The van der Waals surface area contributed by atoms with E-state index in [9.17, 15) is 15.0 Å². The van der Waals surface area contributed by atoms with Gasteiger partial charge in [-0.15, -0.1) is 0 Å². The first kappa shape index (κ1) is 21.2. The number of nitrogens with zero attached hydrogens (tertiary/aromatic N) is 1. The summed E-state index contributed by atoms with van der Waals surface area (Å²) in [6.07, 6.45) is -2.98. The summed E-state index contributed by atoms with van der Waals surface area (Å²) in [7, 11) is 0. The molecule has 7 heteroatoms. The van der Waals surface area contributed by atoms with Crippen molar-refractivity contribution < 1.29 is 19.7 Å². The number of aliphatic hydroxyl groups is 2. The number of rotatable bonds is 6. The Kier molecular flexibility index (Phi) is 5.58. The molecular weight excluding hydrogens is 418 g/mol. The van der Waals surface area contributed by atoms with E-state index < -0.39 is 18.3 Å². The van der Waals surface area contributed by atoms with Crippen molar-refractivity contribution >= 4 is 17.1 Å². The number of aryl methyl sites for hydroxylation is 1. The SMILES string of the molecule is Cc1nc2ccc(C(O)C(O)CNC(=O)OCC3c4ccccc4-c4ccccc43)cc2[nH]1. The van der Waals surface area contributed by atoms with Gasteiger partial charge in [-0.3, -0.25) is 0 Å². The number of fused-ring (bicyclic) bond motifs is 4. The number of carbonyl (C=O) groups is 1. The van der Waals surface area contributed by atoms with Crippen molar-refractivity contribution in [2.24, 2.45) is 0 Å². The summed E-state index contributed by atoms with van der Waals surface area (Å²) in [5, 5.41) is 23.5. The molecule has 4 N–H and O–H groups in total. The number of imidazole rings is 1. The molecule has 5 rings (SSSR count). The zero-order valence-electron chi connectivity index (χ0n) is 18.2. The summed E-state index contributed by atoms with van der Waals surface area (Å²) in [6, 6.07) is 21.5. The van der Waals surface area contributed by atoms with Crippen LogP contribution >= 0.6 is 0 Å². The Balaban J connectivity index is 1.18. The second kappa shape index (κ2) is 8.69. The van der Waals surface area contributed by atoms with Crippen LogP contribution in [0.4, 0.5) is 4.79 Å². The lowest BCUT2D eigenvalue weighted by Gasteiger charge is -2.19. The van der Waals surface area contributed by atoms with E-state index in [1.165, 1.54) is 0 Å². The second-order valence-electron chi connectivity index (χ2n) is 8.32. The fourth-order valence-corrected chi connectivity index (χ4v) is 4.51. The van der Waals surface area contributed by atoms with Crippen LogP contribution in [-0.4, -0.2) is 45.5 Å². The second-order valence-corrected chi connectivity index (χ2v) is 8.32. The number of aromatic nitrogens is 2. The highest BCUT2D eigenvalue weighted by Gasteiger charge is 2.29. The molecule has 1 amide bonds. The topological polar surface area (TPSA) is 107 Å². The minimum Gasteiger partial charge on any atom is -0.449 e. The molecule has 2 unspecified atom stereocenters. The van der Waals surface area contributed by atoms with Crippen molar-refractivity contribution in [2.45, 2.75) is 25.0 Å². The van der Waals surface area contributed by atoms with Crippen LogP contribution < -0.4 is 5.32 Å². The lowest BCUT2D eigenvalue weighted by molar-refractivity contribution is 0.0186. The predicted molar refractivity (Wildman–Crippen MR) is 125 cm³/mol. The van der Waals surface area contributed by atoms with E-state index in [0.29, 0.717) is 5.56 Å². The molecule has 0 aliphatic heterocycles. The minimum atomic E-state index is -1.19. The highest BCUT2D eigenvalue weighted by Crippen LogP contribution is 2.44. The minimum absolute atomic E-state index is 0.0387. The highest BCUT2D eigenvalue weighted by molar-refractivity contribution is 5.79. The number of nitrogens with one attached hydrogen (secondary N) is 2. The number of aromatic amines is 1. The van der Waals surface area contributed by atoms with Crippen molar-refractivity contribution in [2.75, 3.05) is 13.2 Å². The van der Waals surface area contributed by atoms with Crippen LogP contribution in [0, 0.1) is 6.92 Å². The van der Waals surface area contributed by atoms with Gasteiger partial charge in [0.15, 0.2) is 0 Å². The number of benzene rings is 3. The van der Waals surface area contributed by atoms with Gasteiger partial charge in [-0.1, -0.05) is 54.6 Å². The first-order valence-electron chi connectivity index (χ1n) is 10.9. The Morgan fingerprint density at radius 2 is 1.73 bits per heavy atom. The summed E-state index contributed by atoms with van der Waals surface area (Å²) in [4.78, 5) is 19.8. The van der Waals surface area contributed by atoms with Gasteiger partial charge in [0.05, 0.1) is 11.0 Å².